The van der Waals surface area contributed by atoms with Crippen LogP contribution in [0.25, 0.3) is 0 Å². The van der Waals surface area contributed by atoms with Crippen LogP contribution in [0.3, 0.4) is 0 Å². The summed E-state index contributed by atoms with van der Waals surface area (Å²) < 4.78 is 20.8. The van der Waals surface area contributed by atoms with E-state index >= 15 is 0 Å². The number of methoxy groups -OCH3 is 1. The minimum absolute atomic E-state index is 0.0208. The van der Waals surface area contributed by atoms with E-state index in [4.69, 9.17) is 9.47 Å². The first-order valence-corrected chi connectivity index (χ1v) is 6.19. The molecule has 0 fully saturated rings. The Hall–Kier alpha value is -0.420. The van der Waals surface area contributed by atoms with Crippen molar-refractivity contribution in [3.63, 3.8) is 0 Å². The standard InChI is InChI=1S/C9H18O4S/c1-3-4-5-13-9(10)8-14(11)7-6-12-2/h3-8H2,1-2H3. The zero-order valence-corrected chi connectivity index (χ0v) is 9.60. The summed E-state index contributed by atoms with van der Waals surface area (Å²) in [6.45, 7) is 2.86. The summed E-state index contributed by atoms with van der Waals surface area (Å²) in [5.41, 5.74) is 0. The summed E-state index contributed by atoms with van der Waals surface area (Å²) in [7, 11) is 0.384. The van der Waals surface area contributed by atoms with Crippen LogP contribution in [-0.2, 0) is 25.1 Å². The third kappa shape index (κ3) is 8.19. The first-order valence-electron chi connectivity index (χ1n) is 4.70. The highest BCUT2D eigenvalue weighted by Crippen LogP contribution is 1.91. The Bertz CT molecular complexity index is 182. The van der Waals surface area contributed by atoms with Gasteiger partial charge in [-0.3, -0.25) is 9.00 Å². The Morgan fingerprint density at radius 1 is 1.36 bits per heavy atom. The zero-order valence-electron chi connectivity index (χ0n) is 8.78. The van der Waals surface area contributed by atoms with Gasteiger partial charge in [-0.1, -0.05) is 13.3 Å². The molecule has 0 bridgehead atoms. The fourth-order valence-corrected chi connectivity index (χ4v) is 1.60. The number of esters is 1. The molecule has 0 heterocycles. The van der Waals surface area contributed by atoms with Crippen LogP contribution < -0.4 is 0 Å². The van der Waals surface area contributed by atoms with Gasteiger partial charge in [-0.2, -0.15) is 0 Å². The monoisotopic (exact) mass is 222 g/mol. The van der Waals surface area contributed by atoms with Crippen LogP contribution >= 0.6 is 0 Å². The van der Waals surface area contributed by atoms with Crippen molar-refractivity contribution in [1.82, 2.24) is 0 Å². The van der Waals surface area contributed by atoms with Crippen molar-refractivity contribution in [3.05, 3.63) is 0 Å². The lowest BCUT2D eigenvalue weighted by Crippen LogP contribution is -2.18. The number of rotatable bonds is 8. The minimum Gasteiger partial charge on any atom is -0.465 e. The van der Waals surface area contributed by atoms with E-state index in [9.17, 15) is 9.00 Å². The van der Waals surface area contributed by atoms with Gasteiger partial charge in [-0.15, -0.1) is 0 Å². The Balaban J connectivity index is 3.45. The molecule has 0 aromatic rings. The first-order chi connectivity index (χ1) is 6.70. The molecule has 0 aromatic carbocycles. The van der Waals surface area contributed by atoms with E-state index in [-0.39, 0.29) is 11.7 Å². The molecule has 0 N–H and O–H groups in total. The van der Waals surface area contributed by atoms with Gasteiger partial charge in [0.25, 0.3) is 0 Å². The molecule has 0 saturated carbocycles. The molecule has 0 aliphatic carbocycles. The lowest BCUT2D eigenvalue weighted by molar-refractivity contribution is -0.140. The van der Waals surface area contributed by atoms with Crippen molar-refractivity contribution in [2.75, 3.05) is 31.8 Å². The number of hydrogen-bond acceptors (Lipinski definition) is 4. The van der Waals surface area contributed by atoms with E-state index in [1.165, 1.54) is 7.11 Å². The molecule has 0 rings (SSSR count). The van der Waals surface area contributed by atoms with Gasteiger partial charge in [0, 0.05) is 23.7 Å². The summed E-state index contributed by atoms with van der Waals surface area (Å²) in [6.07, 6.45) is 1.84. The Morgan fingerprint density at radius 3 is 2.64 bits per heavy atom. The zero-order chi connectivity index (χ0) is 10.8. The van der Waals surface area contributed by atoms with E-state index in [1.54, 1.807) is 0 Å². The highest BCUT2D eigenvalue weighted by atomic mass is 32.2. The second kappa shape index (κ2) is 9.15. The molecular weight excluding hydrogens is 204 g/mol. The van der Waals surface area contributed by atoms with Crippen LogP contribution in [0.2, 0.25) is 0 Å². The normalized spacial score (nSPS) is 12.4. The highest BCUT2D eigenvalue weighted by Gasteiger charge is 2.08. The fourth-order valence-electron chi connectivity index (χ4n) is 0.752. The first kappa shape index (κ1) is 13.6. The summed E-state index contributed by atoms with van der Waals surface area (Å²) in [5.74, 6) is -0.0141. The Morgan fingerprint density at radius 2 is 2.07 bits per heavy atom. The summed E-state index contributed by atoms with van der Waals surface area (Å²) in [4.78, 5) is 11.0. The molecule has 0 saturated heterocycles. The Labute approximate surface area is 87.4 Å². The molecule has 5 heteroatoms. The number of ether oxygens (including phenoxy) is 2. The molecule has 4 nitrogen and oxygen atoms in total. The second-order valence-corrected chi connectivity index (χ2v) is 4.43. The van der Waals surface area contributed by atoms with Crippen molar-refractivity contribution in [3.8, 4) is 0 Å². The van der Waals surface area contributed by atoms with E-state index < -0.39 is 10.8 Å². The third-order valence-corrected chi connectivity index (χ3v) is 2.73. The molecule has 1 atom stereocenters. The number of unbranched alkanes of at least 4 members (excludes halogenated alkanes) is 1. The van der Waals surface area contributed by atoms with Gasteiger partial charge in [0.05, 0.1) is 13.2 Å². The number of carbonyl (C=O) groups is 1. The van der Waals surface area contributed by atoms with E-state index in [0.717, 1.165) is 12.8 Å². The molecule has 0 amide bonds. The van der Waals surface area contributed by atoms with Crippen LogP contribution in [-0.4, -0.2) is 42.0 Å². The van der Waals surface area contributed by atoms with E-state index in [1.807, 2.05) is 6.92 Å². The van der Waals surface area contributed by atoms with Crippen LogP contribution in [0.15, 0.2) is 0 Å². The van der Waals surface area contributed by atoms with Crippen molar-refractivity contribution in [2.24, 2.45) is 0 Å². The minimum atomic E-state index is -1.15. The molecular formula is C9H18O4S. The van der Waals surface area contributed by atoms with Crippen molar-refractivity contribution in [2.45, 2.75) is 19.8 Å². The van der Waals surface area contributed by atoms with Crippen LogP contribution in [0, 0.1) is 0 Å². The summed E-state index contributed by atoms with van der Waals surface area (Å²) in [5, 5.41) is 0. The van der Waals surface area contributed by atoms with Gasteiger partial charge >= 0.3 is 5.97 Å². The van der Waals surface area contributed by atoms with Gasteiger partial charge in [-0.25, -0.2) is 0 Å². The predicted octanol–water partition coefficient (Wildman–Crippen LogP) is 0.725. The van der Waals surface area contributed by atoms with Gasteiger partial charge in [0.2, 0.25) is 0 Å². The van der Waals surface area contributed by atoms with Crippen LogP contribution in [0.4, 0.5) is 0 Å². The Kier molecular flexibility index (Phi) is 8.87. The molecule has 1 unspecified atom stereocenters. The maximum absolute atomic E-state index is 11.2. The van der Waals surface area contributed by atoms with E-state index in [0.29, 0.717) is 19.0 Å². The van der Waals surface area contributed by atoms with Gasteiger partial charge in [0.15, 0.2) is 0 Å². The van der Waals surface area contributed by atoms with Crippen molar-refractivity contribution in [1.29, 1.82) is 0 Å². The molecule has 14 heavy (non-hydrogen) atoms. The molecule has 0 aromatic heterocycles. The topological polar surface area (TPSA) is 52.6 Å². The second-order valence-electron chi connectivity index (χ2n) is 2.86. The van der Waals surface area contributed by atoms with Crippen LogP contribution in [0.1, 0.15) is 19.8 Å². The summed E-state index contributed by atoms with van der Waals surface area (Å²) >= 11 is 0. The van der Waals surface area contributed by atoms with Crippen molar-refractivity contribution < 1.29 is 18.5 Å². The van der Waals surface area contributed by atoms with Gasteiger partial charge in [-0.05, 0) is 6.42 Å². The van der Waals surface area contributed by atoms with Gasteiger partial charge in [0.1, 0.15) is 5.75 Å². The number of carbonyl (C=O) groups excluding carboxylic acids is 1. The SMILES string of the molecule is CCCCOC(=O)CS(=O)CCOC. The average Bonchev–Trinajstić information content (AvgIpc) is 2.15. The average molecular weight is 222 g/mol. The maximum Gasteiger partial charge on any atom is 0.318 e. The molecule has 0 radical (unpaired) electrons. The molecule has 0 spiro atoms. The summed E-state index contributed by atoms with van der Waals surface area (Å²) in [6, 6.07) is 0. The third-order valence-electron chi connectivity index (χ3n) is 1.55. The van der Waals surface area contributed by atoms with Crippen molar-refractivity contribution >= 4 is 16.8 Å². The fraction of sp³-hybridized carbons (Fsp3) is 0.889. The molecule has 0 aliphatic heterocycles. The quantitative estimate of drug-likeness (QED) is 0.448. The predicted molar refractivity (Wildman–Crippen MR) is 55.6 cm³/mol. The largest absolute Gasteiger partial charge is 0.465 e. The van der Waals surface area contributed by atoms with Gasteiger partial charge < -0.3 is 9.47 Å². The smallest absolute Gasteiger partial charge is 0.318 e. The lowest BCUT2D eigenvalue weighted by atomic mass is 10.4. The highest BCUT2D eigenvalue weighted by molar-refractivity contribution is 7.85. The lowest BCUT2D eigenvalue weighted by Gasteiger charge is -2.03. The number of hydrogen-bond donors (Lipinski definition) is 0. The molecule has 0 aliphatic rings. The van der Waals surface area contributed by atoms with E-state index in [2.05, 4.69) is 0 Å². The van der Waals surface area contributed by atoms with Crippen LogP contribution in [0.5, 0.6) is 0 Å². The maximum atomic E-state index is 11.2. The molecule has 84 valence electrons.